The monoisotopic (exact) mass is 376 g/mol. The fraction of sp³-hybridized carbons (Fsp3) is 0.462. The van der Waals surface area contributed by atoms with E-state index in [1.54, 1.807) is 6.07 Å². The molecule has 1 aliphatic rings. The van der Waals surface area contributed by atoms with Crippen LogP contribution in [-0.2, 0) is 14.8 Å². The topological polar surface area (TPSA) is 98.5 Å². The maximum Gasteiger partial charge on any atom is 0.251 e. The molecule has 1 fully saturated rings. The molecule has 1 aromatic rings. The number of benzene rings is 1. The number of primary sulfonamides is 1. The van der Waals surface area contributed by atoms with Crippen molar-refractivity contribution < 1.29 is 17.9 Å². The standard InChI is InChI=1S/C13H17BrN2O4S/c1-8(10-4-5-20-7-10)16-13(17)9-2-3-11(14)12(6-9)21(15,18)19/h2-3,6,8,10H,4-5,7H2,1H3,(H,16,17)(H2,15,18,19). The quantitative estimate of drug-likeness (QED) is 0.825. The number of sulfonamides is 1. The van der Waals surface area contributed by atoms with Crippen LogP contribution >= 0.6 is 15.9 Å². The first-order chi connectivity index (χ1) is 9.79. The molecular weight excluding hydrogens is 360 g/mol. The SMILES string of the molecule is CC(NC(=O)c1ccc(Br)c(S(N)(=O)=O)c1)C1CCOC1. The lowest BCUT2D eigenvalue weighted by molar-refractivity contribution is 0.0922. The second-order valence-electron chi connectivity index (χ2n) is 5.08. The number of carbonyl (C=O) groups is 1. The summed E-state index contributed by atoms with van der Waals surface area (Å²) in [5, 5.41) is 7.99. The van der Waals surface area contributed by atoms with Gasteiger partial charge in [-0.1, -0.05) is 0 Å². The van der Waals surface area contributed by atoms with Crippen molar-refractivity contribution in [1.82, 2.24) is 5.32 Å². The Bertz CT molecular complexity index is 642. The average Bonchev–Trinajstić information content (AvgIpc) is 2.91. The van der Waals surface area contributed by atoms with E-state index in [1.807, 2.05) is 6.92 Å². The number of hydrogen-bond acceptors (Lipinski definition) is 4. The van der Waals surface area contributed by atoms with Crippen molar-refractivity contribution in [3.63, 3.8) is 0 Å². The third-order valence-electron chi connectivity index (χ3n) is 3.53. The van der Waals surface area contributed by atoms with Crippen LogP contribution in [0.25, 0.3) is 0 Å². The first-order valence-electron chi connectivity index (χ1n) is 6.50. The third kappa shape index (κ3) is 4.03. The van der Waals surface area contributed by atoms with E-state index in [2.05, 4.69) is 21.2 Å². The molecule has 0 aromatic heterocycles. The van der Waals surface area contributed by atoms with Gasteiger partial charge in [0.2, 0.25) is 10.0 Å². The van der Waals surface area contributed by atoms with Crippen molar-refractivity contribution in [2.75, 3.05) is 13.2 Å². The summed E-state index contributed by atoms with van der Waals surface area (Å²) in [5.41, 5.74) is 0.257. The van der Waals surface area contributed by atoms with E-state index < -0.39 is 10.0 Å². The van der Waals surface area contributed by atoms with Crippen LogP contribution < -0.4 is 10.5 Å². The molecule has 2 atom stereocenters. The Hall–Kier alpha value is -0.960. The predicted octanol–water partition coefficient (Wildman–Crippen LogP) is 1.25. The van der Waals surface area contributed by atoms with E-state index in [9.17, 15) is 13.2 Å². The smallest absolute Gasteiger partial charge is 0.251 e. The molecule has 0 radical (unpaired) electrons. The summed E-state index contributed by atoms with van der Waals surface area (Å²) < 4.78 is 28.5. The molecule has 0 aliphatic carbocycles. The number of amides is 1. The Morgan fingerprint density at radius 1 is 1.52 bits per heavy atom. The highest BCUT2D eigenvalue weighted by Crippen LogP contribution is 2.22. The second kappa shape index (κ2) is 6.43. The number of hydrogen-bond donors (Lipinski definition) is 2. The minimum atomic E-state index is -3.88. The van der Waals surface area contributed by atoms with Gasteiger partial charge in [-0.15, -0.1) is 0 Å². The predicted molar refractivity (Wildman–Crippen MR) is 81.4 cm³/mol. The fourth-order valence-corrected chi connectivity index (χ4v) is 3.77. The summed E-state index contributed by atoms with van der Waals surface area (Å²) in [6.07, 6.45) is 0.907. The first kappa shape index (κ1) is 16.4. The van der Waals surface area contributed by atoms with Gasteiger partial charge in [-0.2, -0.15) is 0 Å². The van der Waals surface area contributed by atoms with Crippen molar-refractivity contribution in [3.8, 4) is 0 Å². The molecule has 21 heavy (non-hydrogen) atoms. The molecule has 8 heteroatoms. The molecule has 0 spiro atoms. The van der Waals surface area contributed by atoms with Crippen LogP contribution in [0.2, 0.25) is 0 Å². The molecule has 6 nitrogen and oxygen atoms in total. The average molecular weight is 377 g/mol. The minimum absolute atomic E-state index is 0.0402. The van der Waals surface area contributed by atoms with E-state index in [1.165, 1.54) is 12.1 Å². The van der Waals surface area contributed by atoms with E-state index in [-0.39, 0.29) is 28.3 Å². The van der Waals surface area contributed by atoms with Crippen LogP contribution in [0.15, 0.2) is 27.6 Å². The third-order valence-corrected chi connectivity index (χ3v) is 5.44. The van der Waals surface area contributed by atoms with Gasteiger partial charge in [0.05, 0.1) is 11.5 Å². The lowest BCUT2D eigenvalue weighted by Crippen LogP contribution is -2.38. The van der Waals surface area contributed by atoms with Gasteiger partial charge in [0, 0.05) is 28.6 Å². The fourth-order valence-electron chi connectivity index (χ4n) is 2.22. The van der Waals surface area contributed by atoms with Crippen LogP contribution in [0.4, 0.5) is 0 Å². The van der Waals surface area contributed by atoms with Gasteiger partial charge < -0.3 is 10.1 Å². The highest BCUT2D eigenvalue weighted by atomic mass is 79.9. The van der Waals surface area contributed by atoms with Gasteiger partial charge >= 0.3 is 0 Å². The molecule has 1 aromatic carbocycles. The summed E-state index contributed by atoms with van der Waals surface area (Å²) in [7, 11) is -3.88. The minimum Gasteiger partial charge on any atom is -0.381 e. The lowest BCUT2D eigenvalue weighted by atomic mass is 10.0. The van der Waals surface area contributed by atoms with Crippen molar-refractivity contribution in [2.45, 2.75) is 24.3 Å². The zero-order valence-electron chi connectivity index (χ0n) is 11.5. The highest BCUT2D eigenvalue weighted by molar-refractivity contribution is 9.10. The normalized spacial score (nSPS) is 20.2. The van der Waals surface area contributed by atoms with Crippen LogP contribution in [0, 0.1) is 5.92 Å². The zero-order valence-corrected chi connectivity index (χ0v) is 13.9. The number of ether oxygens (including phenoxy) is 1. The second-order valence-corrected chi connectivity index (χ2v) is 7.46. The van der Waals surface area contributed by atoms with Crippen molar-refractivity contribution >= 4 is 31.9 Å². The van der Waals surface area contributed by atoms with Gasteiger partial charge in [0.25, 0.3) is 5.91 Å². The molecule has 1 saturated heterocycles. The Labute approximate surface area is 132 Å². The van der Waals surface area contributed by atoms with Crippen molar-refractivity contribution in [1.29, 1.82) is 0 Å². The Morgan fingerprint density at radius 2 is 2.24 bits per heavy atom. The van der Waals surface area contributed by atoms with Crippen LogP contribution in [0.3, 0.4) is 0 Å². The molecule has 0 bridgehead atoms. The van der Waals surface area contributed by atoms with Gasteiger partial charge in [-0.25, -0.2) is 13.6 Å². The summed E-state index contributed by atoms with van der Waals surface area (Å²) in [4.78, 5) is 12.1. The zero-order chi connectivity index (χ0) is 15.6. The molecule has 2 rings (SSSR count). The molecular formula is C13H17BrN2O4S. The molecule has 3 N–H and O–H groups in total. The number of nitrogens with one attached hydrogen (secondary N) is 1. The molecule has 1 heterocycles. The number of nitrogens with two attached hydrogens (primary N) is 1. The molecule has 1 aliphatic heterocycles. The Kier molecular flexibility index (Phi) is 5.03. The maximum atomic E-state index is 12.2. The Morgan fingerprint density at radius 3 is 2.81 bits per heavy atom. The summed E-state index contributed by atoms with van der Waals surface area (Å²) in [6.45, 7) is 3.25. The van der Waals surface area contributed by atoms with E-state index in [0.29, 0.717) is 17.7 Å². The largest absolute Gasteiger partial charge is 0.381 e. The van der Waals surface area contributed by atoms with Crippen LogP contribution in [-0.4, -0.2) is 33.6 Å². The van der Waals surface area contributed by atoms with E-state index in [0.717, 1.165) is 6.42 Å². The van der Waals surface area contributed by atoms with Crippen LogP contribution in [0.1, 0.15) is 23.7 Å². The van der Waals surface area contributed by atoms with Gasteiger partial charge in [0.1, 0.15) is 0 Å². The van der Waals surface area contributed by atoms with Gasteiger partial charge in [-0.3, -0.25) is 4.79 Å². The summed E-state index contributed by atoms with van der Waals surface area (Å²) in [6, 6.07) is 4.28. The lowest BCUT2D eigenvalue weighted by Gasteiger charge is -2.19. The first-order valence-corrected chi connectivity index (χ1v) is 8.84. The molecule has 2 unspecified atom stereocenters. The van der Waals surface area contributed by atoms with Crippen molar-refractivity contribution in [3.05, 3.63) is 28.2 Å². The maximum absolute atomic E-state index is 12.2. The van der Waals surface area contributed by atoms with Gasteiger partial charge in [-0.05, 0) is 47.5 Å². The summed E-state index contributed by atoms with van der Waals surface area (Å²) >= 11 is 3.11. The number of halogens is 1. The van der Waals surface area contributed by atoms with E-state index in [4.69, 9.17) is 9.88 Å². The molecule has 1 amide bonds. The molecule has 116 valence electrons. The highest BCUT2D eigenvalue weighted by Gasteiger charge is 2.24. The number of carbonyl (C=O) groups excluding carboxylic acids is 1. The summed E-state index contributed by atoms with van der Waals surface area (Å²) in [5.74, 6) is -0.0473. The molecule has 0 saturated carbocycles. The van der Waals surface area contributed by atoms with Gasteiger partial charge in [0.15, 0.2) is 0 Å². The van der Waals surface area contributed by atoms with Crippen LogP contribution in [0.5, 0.6) is 0 Å². The van der Waals surface area contributed by atoms with E-state index >= 15 is 0 Å². The number of rotatable bonds is 4. The Balaban J connectivity index is 2.16. The van der Waals surface area contributed by atoms with Crippen molar-refractivity contribution in [2.24, 2.45) is 11.1 Å².